The second-order valence-corrected chi connectivity index (χ2v) is 7.68. The number of hydrogen-bond acceptors (Lipinski definition) is 3. The Morgan fingerprint density at radius 2 is 2.14 bits per heavy atom. The molecule has 0 radical (unpaired) electrons. The number of carbonyl (C=O) groups excluding carboxylic acids is 1. The molecule has 2 saturated heterocycles. The maximum absolute atomic E-state index is 12.2. The molecule has 122 valence electrons. The molecule has 0 spiro atoms. The Morgan fingerprint density at radius 1 is 1.43 bits per heavy atom. The summed E-state index contributed by atoms with van der Waals surface area (Å²) >= 11 is 0. The predicted octanol–water partition coefficient (Wildman–Crippen LogP) is 1.86. The van der Waals surface area contributed by atoms with Gasteiger partial charge in [-0.1, -0.05) is 13.8 Å². The molecule has 0 aromatic carbocycles. The Morgan fingerprint density at radius 3 is 2.76 bits per heavy atom. The van der Waals surface area contributed by atoms with Crippen molar-refractivity contribution in [2.75, 3.05) is 39.8 Å². The number of piperidine rings is 2. The van der Waals surface area contributed by atoms with Gasteiger partial charge in [-0.3, -0.25) is 4.79 Å². The van der Waals surface area contributed by atoms with Gasteiger partial charge in [0.2, 0.25) is 5.91 Å². The molecular formula is C17H33N3O. The molecule has 2 fully saturated rings. The lowest BCUT2D eigenvalue weighted by Gasteiger charge is -2.38. The lowest BCUT2D eigenvalue weighted by atomic mass is 9.80. The van der Waals surface area contributed by atoms with Crippen LogP contribution in [0.1, 0.15) is 46.0 Å². The molecule has 2 aliphatic rings. The zero-order valence-electron chi connectivity index (χ0n) is 14.1. The van der Waals surface area contributed by atoms with Crippen LogP contribution in [0.15, 0.2) is 0 Å². The first kappa shape index (κ1) is 16.8. The first-order valence-electron chi connectivity index (χ1n) is 8.64. The zero-order chi connectivity index (χ0) is 15.3. The fraction of sp³-hybridized carbons (Fsp3) is 0.941. The van der Waals surface area contributed by atoms with Crippen LogP contribution in [0.3, 0.4) is 0 Å². The van der Waals surface area contributed by atoms with Gasteiger partial charge in [0.1, 0.15) is 0 Å². The van der Waals surface area contributed by atoms with E-state index >= 15 is 0 Å². The molecular weight excluding hydrogens is 262 g/mol. The summed E-state index contributed by atoms with van der Waals surface area (Å²) in [5, 5.41) is 6.65. The largest absolute Gasteiger partial charge is 0.356 e. The van der Waals surface area contributed by atoms with Crippen molar-refractivity contribution in [1.29, 1.82) is 0 Å². The van der Waals surface area contributed by atoms with E-state index in [2.05, 4.69) is 36.4 Å². The van der Waals surface area contributed by atoms with E-state index in [9.17, 15) is 4.79 Å². The first-order chi connectivity index (χ1) is 9.98. The van der Waals surface area contributed by atoms with Gasteiger partial charge in [-0.25, -0.2) is 0 Å². The van der Waals surface area contributed by atoms with E-state index in [0.717, 1.165) is 32.7 Å². The maximum atomic E-state index is 12.2. The van der Waals surface area contributed by atoms with Crippen LogP contribution in [-0.2, 0) is 4.79 Å². The van der Waals surface area contributed by atoms with Gasteiger partial charge in [-0.15, -0.1) is 0 Å². The van der Waals surface area contributed by atoms with Crippen LogP contribution in [0, 0.1) is 17.3 Å². The lowest BCUT2D eigenvalue weighted by Crippen LogP contribution is -2.44. The van der Waals surface area contributed by atoms with Gasteiger partial charge in [0.15, 0.2) is 0 Å². The Balaban J connectivity index is 1.69. The van der Waals surface area contributed by atoms with Crippen LogP contribution in [-0.4, -0.2) is 50.6 Å². The molecule has 21 heavy (non-hydrogen) atoms. The van der Waals surface area contributed by atoms with Crippen LogP contribution in [0.5, 0.6) is 0 Å². The minimum Gasteiger partial charge on any atom is -0.356 e. The van der Waals surface area contributed by atoms with E-state index in [-0.39, 0.29) is 11.3 Å². The number of carbonyl (C=O) groups is 1. The molecule has 2 heterocycles. The Labute approximate surface area is 130 Å². The smallest absolute Gasteiger partial charge is 0.220 e. The number of amides is 1. The molecule has 2 atom stereocenters. The molecule has 4 nitrogen and oxygen atoms in total. The molecule has 2 aliphatic heterocycles. The van der Waals surface area contributed by atoms with Gasteiger partial charge in [-0.05, 0) is 76.2 Å². The summed E-state index contributed by atoms with van der Waals surface area (Å²) in [6, 6.07) is 0. The molecule has 2 rings (SSSR count). The molecule has 0 bridgehead atoms. The maximum Gasteiger partial charge on any atom is 0.220 e. The molecule has 2 unspecified atom stereocenters. The quantitative estimate of drug-likeness (QED) is 0.814. The second-order valence-electron chi connectivity index (χ2n) is 7.68. The third-order valence-electron chi connectivity index (χ3n) is 5.55. The Hall–Kier alpha value is -0.610. The fourth-order valence-electron chi connectivity index (χ4n) is 3.54. The van der Waals surface area contributed by atoms with Crippen molar-refractivity contribution in [2.24, 2.45) is 17.3 Å². The van der Waals surface area contributed by atoms with E-state index in [1.165, 1.54) is 25.7 Å². The van der Waals surface area contributed by atoms with Crippen molar-refractivity contribution in [3.05, 3.63) is 0 Å². The Kier molecular flexibility index (Phi) is 6.06. The summed E-state index contributed by atoms with van der Waals surface area (Å²) in [5.41, 5.74) is 0.289. The number of nitrogens with zero attached hydrogens (tertiary/aromatic N) is 1. The summed E-state index contributed by atoms with van der Waals surface area (Å²) < 4.78 is 0. The van der Waals surface area contributed by atoms with Gasteiger partial charge in [0, 0.05) is 13.0 Å². The minimum atomic E-state index is 0.244. The number of nitrogens with one attached hydrogen (secondary N) is 2. The third-order valence-corrected chi connectivity index (χ3v) is 5.55. The monoisotopic (exact) mass is 295 g/mol. The Bertz CT molecular complexity index is 331. The first-order valence-corrected chi connectivity index (χ1v) is 8.64. The zero-order valence-corrected chi connectivity index (χ0v) is 14.1. The van der Waals surface area contributed by atoms with E-state index in [0.29, 0.717) is 18.3 Å². The van der Waals surface area contributed by atoms with Crippen LogP contribution in [0.25, 0.3) is 0 Å². The standard InChI is InChI=1S/C17H33N3O/c1-14(15-5-4-8-18-12-15)11-16(21)19-13-17(2)6-9-20(3)10-7-17/h14-15,18H,4-13H2,1-3H3,(H,19,21). The van der Waals surface area contributed by atoms with Crippen molar-refractivity contribution in [3.63, 3.8) is 0 Å². The van der Waals surface area contributed by atoms with E-state index in [1.807, 2.05) is 0 Å². The highest BCUT2D eigenvalue weighted by Crippen LogP contribution is 2.29. The van der Waals surface area contributed by atoms with Gasteiger partial charge < -0.3 is 15.5 Å². The highest BCUT2D eigenvalue weighted by Gasteiger charge is 2.29. The topological polar surface area (TPSA) is 44.4 Å². The van der Waals surface area contributed by atoms with Crippen molar-refractivity contribution < 1.29 is 4.79 Å². The van der Waals surface area contributed by atoms with E-state index in [1.54, 1.807) is 0 Å². The number of hydrogen-bond donors (Lipinski definition) is 2. The van der Waals surface area contributed by atoms with Crippen molar-refractivity contribution in [2.45, 2.75) is 46.0 Å². The van der Waals surface area contributed by atoms with Gasteiger partial charge >= 0.3 is 0 Å². The average molecular weight is 295 g/mol. The van der Waals surface area contributed by atoms with E-state index < -0.39 is 0 Å². The van der Waals surface area contributed by atoms with Crippen LogP contribution in [0.2, 0.25) is 0 Å². The normalized spacial score (nSPS) is 28.0. The van der Waals surface area contributed by atoms with Crippen LogP contribution < -0.4 is 10.6 Å². The highest BCUT2D eigenvalue weighted by atomic mass is 16.1. The summed E-state index contributed by atoms with van der Waals surface area (Å²) in [5.74, 6) is 1.40. The predicted molar refractivity (Wildman–Crippen MR) is 87.2 cm³/mol. The number of likely N-dealkylation sites (tertiary alicyclic amines) is 1. The lowest BCUT2D eigenvalue weighted by molar-refractivity contribution is -0.123. The van der Waals surface area contributed by atoms with Crippen LogP contribution >= 0.6 is 0 Å². The second kappa shape index (κ2) is 7.59. The van der Waals surface area contributed by atoms with Crippen molar-refractivity contribution in [1.82, 2.24) is 15.5 Å². The van der Waals surface area contributed by atoms with Crippen molar-refractivity contribution in [3.8, 4) is 0 Å². The molecule has 2 N–H and O–H groups in total. The molecule has 1 amide bonds. The summed E-state index contributed by atoms with van der Waals surface area (Å²) in [4.78, 5) is 14.6. The molecule has 0 aliphatic carbocycles. The minimum absolute atomic E-state index is 0.244. The van der Waals surface area contributed by atoms with Gasteiger partial charge in [-0.2, -0.15) is 0 Å². The summed E-state index contributed by atoms with van der Waals surface area (Å²) in [6.45, 7) is 9.91. The molecule has 0 aromatic rings. The SMILES string of the molecule is CC(CC(=O)NCC1(C)CCN(C)CC1)C1CCCNC1. The number of rotatable bonds is 5. The van der Waals surface area contributed by atoms with Gasteiger partial charge in [0.25, 0.3) is 0 Å². The molecule has 0 saturated carbocycles. The summed E-state index contributed by atoms with van der Waals surface area (Å²) in [6.07, 6.45) is 5.58. The molecule has 0 aromatic heterocycles. The molecule has 4 heteroatoms. The summed E-state index contributed by atoms with van der Waals surface area (Å²) in [7, 11) is 2.18. The van der Waals surface area contributed by atoms with Crippen LogP contribution in [0.4, 0.5) is 0 Å². The van der Waals surface area contributed by atoms with E-state index in [4.69, 9.17) is 0 Å². The fourth-order valence-corrected chi connectivity index (χ4v) is 3.54. The third kappa shape index (κ3) is 5.26. The average Bonchev–Trinajstić information content (AvgIpc) is 2.50. The van der Waals surface area contributed by atoms with Crippen molar-refractivity contribution >= 4 is 5.91 Å². The van der Waals surface area contributed by atoms with Gasteiger partial charge in [0.05, 0.1) is 0 Å². The highest BCUT2D eigenvalue weighted by molar-refractivity contribution is 5.76.